The van der Waals surface area contributed by atoms with Crippen molar-refractivity contribution in [2.24, 2.45) is 17.3 Å². The average molecular weight is 280 g/mol. The van der Waals surface area contributed by atoms with E-state index in [2.05, 4.69) is 25.5 Å². The molecule has 2 atom stereocenters. The van der Waals surface area contributed by atoms with Crippen molar-refractivity contribution in [3.8, 4) is 0 Å². The molecule has 19 heavy (non-hydrogen) atoms. The summed E-state index contributed by atoms with van der Waals surface area (Å²) in [6.07, 6.45) is -1.67. The number of carbonyl (C=O) groups is 1. The Morgan fingerprint density at radius 1 is 1.26 bits per heavy atom. The summed E-state index contributed by atoms with van der Waals surface area (Å²) in [6, 6.07) is 0. The lowest BCUT2D eigenvalue weighted by Gasteiger charge is -2.37. The van der Waals surface area contributed by atoms with Gasteiger partial charge in [0, 0.05) is 18.9 Å². The van der Waals surface area contributed by atoms with Gasteiger partial charge in [-0.3, -0.25) is 4.79 Å². The molecule has 1 saturated carbocycles. The molecule has 0 aliphatic heterocycles. The summed E-state index contributed by atoms with van der Waals surface area (Å²) in [5.74, 6) is 0.500. The Morgan fingerprint density at radius 3 is 2.42 bits per heavy atom. The Bertz CT molecular complexity index is 305. The van der Waals surface area contributed by atoms with E-state index < -0.39 is 12.8 Å². The lowest BCUT2D eigenvalue weighted by atomic mass is 9.68. The van der Waals surface area contributed by atoms with Crippen LogP contribution in [-0.2, 0) is 9.53 Å². The fourth-order valence-corrected chi connectivity index (χ4v) is 2.59. The standard InChI is InChI=1S/C14H23F3O2/c1-13(2,3)11-4-5-12(18)10(8-11)6-7-19-9-14(15,16)17/h10-11H,4-9H2,1-3H3. The Labute approximate surface area is 112 Å². The summed E-state index contributed by atoms with van der Waals surface area (Å²) in [5.41, 5.74) is 0.145. The molecule has 0 saturated heterocycles. The van der Waals surface area contributed by atoms with Gasteiger partial charge in [-0.25, -0.2) is 0 Å². The van der Waals surface area contributed by atoms with Crippen LogP contribution in [0.25, 0.3) is 0 Å². The van der Waals surface area contributed by atoms with E-state index in [1.54, 1.807) is 0 Å². The van der Waals surface area contributed by atoms with E-state index >= 15 is 0 Å². The number of Topliss-reactive ketones (excluding diaryl/α,β-unsaturated/α-hetero) is 1. The van der Waals surface area contributed by atoms with E-state index in [4.69, 9.17) is 0 Å². The molecule has 5 heteroatoms. The maximum Gasteiger partial charge on any atom is 0.411 e. The second-order valence-electron chi connectivity index (χ2n) is 6.46. The molecule has 0 spiro atoms. The fraction of sp³-hybridized carbons (Fsp3) is 0.929. The zero-order valence-corrected chi connectivity index (χ0v) is 11.8. The maximum absolute atomic E-state index is 11.9. The van der Waals surface area contributed by atoms with Crippen LogP contribution in [0.5, 0.6) is 0 Å². The topological polar surface area (TPSA) is 26.3 Å². The Hall–Kier alpha value is -0.580. The van der Waals surface area contributed by atoms with Crippen molar-refractivity contribution in [1.29, 1.82) is 0 Å². The van der Waals surface area contributed by atoms with Crippen molar-refractivity contribution in [2.75, 3.05) is 13.2 Å². The highest BCUT2D eigenvalue weighted by molar-refractivity contribution is 5.81. The first kappa shape index (κ1) is 16.5. The SMILES string of the molecule is CC(C)(C)C1CCC(=O)C(CCOCC(F)(F)F)C1. The van der Waals surface area contributed by atoms with Crippen LogP contribution in [-0.4, -0.2) is 25.2 Å². The van der Waals surface area contributed by atoms with E-state index in [9.17, 15) is 18.0 Å². The third kappa shape index (κ3) is 5.93. The van der Waals surface area contributed by atoms with Crippen LogP contribution < -0.4 is 0 Å². The summed E-state index contributed by atoms with van der Waals surface area (Å²) in [7, 11) is 0. The fourth-order valence-electron chi connectivity index (χ4n) is 2.59. The molecule has 0 aromatic heterocycles. The van der Waals surface area contributed by atoms with E-state index in [0.717, 1.165) is 12.8 Å². The molecule has 0 heterocycles. The lowest BCUT2D eigenvalue weighted by molar-refractivity contribution is -0.174. The number of ether oxygens (including phenoxy) is 1. The van der Waals surface area contributed by atoms with E-state index in [1.807, 2.05) is 0 Å². The zero-order chi connectivity index (χ0) is 14.7. The Morgan fingerprint density at radius 2 is 1.89 bits per heavy atom. The molecule has 2 unspecified atom stereocenters. The number of carbonyl (C=O) groups excluding carboxylic acids is 1. The average Bonchev–Trinajstić information content (AvgIpc) is 2.23. The monoisotopic (exact) mass is 280 g/mol. The summed E-state index contributed by atoms with van der Waals surface area (Å²) in [4.78, 5) is 11.8. The van der Waals surface area contributed by atoms with Gasteiger partial charge in [-0.1, -0.05) is 20.8 Å². The van der Waals surface area contributed by atoms with Gasteiger partial charge in [0.25, 0.3) is 0 Å². The van der Waals surface area contributed by atoms with Crippen molar-refractivity contribution < 1.29 is 22.7 Å². The van der Waals surface area contributed by atoms with Gasteiger partial charge in [-0.05, 0) is 30.6 Å². The first-order valence-electron chi connectivity index (χ1n) is 6.77. The van der Waals surface area contributed by atoms with Crippen LogP contribution in [0.2, 0.25) is 0 Å². The first-order chi connectivity index (χ1) is 8.59. The molecule has 0 aromatic carbocycles. The molecule has 1 aliphatic carbocycles. The Kier molecular flexibility index (Phi) is 5.42. The third-order valence-electron chi connectivity index (χ3n) is 3.86. The summed E-state index contributed by atoms with van der Waals surface area (Å²) >= 11 is 0. The number of hydrogen-bond acceptors (Lipinski definition) is 2. The van der Waals surface area contributed by atoms with Gasteiger partial charge in [0.15, 0.2) is 0 Å². The highest BCUT2D eigenvalue weighted by Crippen LogP contribution is 2.39. The minimum atomic E-state index is -4.29. The normalized spacial score (nSPS) is 25.7. The summed E-state index contributed by atoms with van der Waals surface area (Å²) in [6.45, 7) is 5.21. The third-order valence-corrected chi connectivity index (χ3v) is 3.86. The predicted molar refractivity (Wildman–Crippen MR) is 66.8 cm³/mol. The quantitative estimate of drug-likeness (QED) is 0.728. The van der Waals surface area contributed by atoms with Crippen LogP contribution in [0, 0.1) is 17.3 Å². The van der Waals surface area contributed by atoms with Gasteiger partial charge in [0.2, 0.25) is 0 Å². The van der Waals surface area contributed by atoms with Gasteiger partial charge in [0.05, 0.1) is 0 Å². The lowest BCUT2D eigenvalue weighted by Crippen LogP contribution is -2.32. The highest BCUT2D eigenvalue weighted by Gasteiger charge is 2.35. The molecule has 1 aliphatic rings. The van der Waals surface area contributed by atoms with Crippen LogP contribution in [0.15, 0.2) is 0 Å². The van der Waals surface area contributed by atoms with E-state index in [0.29, 0.717) is 18.8 Å². The molecule has 1 fully saturated rings. The van der Waals surface area contributed by atoms with Crippen molar-refractivity contribution in [3.05, 3.63) is 0 Å². The van der Waals surface area contributed by atoms with Crippen LogP contribution >= 0.6 is 0 Å². The Balaban J connectivity index is 2.37. The number of rotatable bonds is 4. The van der Waals surface area contributed by atoms with Crippen LogP contribution in [0.3, 0.4) is 0 Å². The van der Waals surface area contributed by atoms with Crippen molar-refractivity contribution in [2.45, 2.75) is 52.6 Å². The molecule has 1 rings (SSSR count). The second-order valence-corrected chi connectivity index (χ2v) is 6.46. The number of ketones is 1. The minimum absolute atomic E-state index is 0.00673. The molecule has 0 aromatic rings. The van der Waals surface area contributed by atoms with E-state index in [-0.39, 0.29) is 23.7 Å². The highest BCUT2D eigenvalue weighted by atomic mass is 19.4. The largest absolute Gasteiger partial charge is 0.411 e. The molecule has 0 bridgehead atoms. The van der Waals surface area contributed by atoms with Crippen molar-refractivity contribution in [1.82, 2.24) is 0 Å². The van der Waals surface area contributed by atoms with Crippen LogP contribution in [0.4, 0.5) is 13.2 Å². The van der Waals surface area contributed by atoms with Crippen LogP contribution in [0.1, 0.15) is 46.5 Å². The van der Waals surface area contributed by atoms with Gasteiger partial charge in [-0.2, -0.15) is 13.2 Å². The van der Waals surface area contributed by atoms with Gasteiger partial charge >= 0.3 is 6.18 Å². The molecule has 0 radical (unpaired) electrons. The number of hydrogen-bond donors (Lipinski definition) is 0. The molecule has 112 valence electrons. The summed E-state index contributed by atoms with van der Waals surface area (Å²) < 4.78 is 40.4. The van der Waals surface area contributed by atoms with Crippen molar-refractivity contribution >= 4 is 5.78 Å². The molecular weight excluding hydrogens is 257 g/mol. The number of alkyl halides is 3. The summed E-state index contributed by atoms with van der Waals surface area (Å²) in [5, 5.41) is 0. The zero-order valence-electron chi connectivity index (χ0n) is 11.8. The molecule has 0 N–H and O–H groups in total. The molecular formula is C14H23F3O2. The maximum atomic E-state index is 11.9. The smallest absolute Gasteiger partial charge is 0.372 e. The van der Waals surface area contributed by atoms with Crippen molar-refractivity contribution in [3.63, 3.8) is 0 Å². The van der Waals surface area contributed by atoms with Gasteiger partial charge in [0.1, 0.15) is 12.4 Å². The minimum Gasteiger partial charge on any atom is -0.372 e. The number of halogens is 3. The predicted octanol–water partition coefficient (Wildman–Crippen LogP) is 3.99. The molecule has 2 nitrogen and oxygen atoms in total. The second kappa shape index (κ2) is 6.25. The van der Waals surface area contributed by atoms with Gasteiger partial charge < -0.3 is 4.74 Å². The first-order valence-corrected chi connectivity index (χ1v) is 6.77. The van der Waals surface area contributed by atoms with Gasteiger partial charge in [-0.15, -0.1) is 0 Å². The van der Waals surface area contributed by atoms with E-state index in [1.165, 1.54) is 0 Å². The molecule has 0 amide bonds.